The molecule has 0 amide bonds. The van der Waals surface area contributed by atoms with Gasteiger partial charge in [0.2, 0.25) is 0 Å². The normalized spacial score (nSPS) is 16.9. The third kappa shape index (κ3) is 2.88. The summed E-state index contributed by atoms with van der Waals surface area (Å²) in [6.45, 7) is 3.21. The molecule has 1 nitrogen and oxygen atoms in total. The molecule has 82 valence electrons. The van der Waals surface area contributed by atoms with Crippen molar-refractivity contribution in [2.45, 2.75) is 32.6 Å². The van der Waals surface area contributed by atoms with Crippen molar-refractivity contribution in [3.05, 3.63) is 28.8 Å². The number of rotatable bonds is 3. The molecular formula is C13H18ClN. The lowest BCUT2D eigenvalue weighted by Gasteiger charge is -2.13. The molecule has 0 bridgehead atoms. The maximum atomic E-state index is 5.92. The zero-order valence-corrected chi connectivity index (χ0v) is 9.98. The van der Waals surface area contributed by atoms with Gasteiger partial charge in [-0.15, -0.1) is 0 Å². The highest BCUT2D eigenvalue weighted by atomic mass is 35.5. The Balaban J connectivity index is 1.92. The van der Waals surface area contributed by atoms with E-state index in [1.807, 2.05) is 12.1 Å². The number of aryl methyl sites for hydroxylation is 1. The third-order valence-corrected chi connectivity index (χ3v) is 3.48. The van der Waals surface area contributed by atoms with E-state index in [2.05, 4.69) is 18.3 Å². The van der Waals surface area contributed by atoms with E-state index in [0.29, 0.717) is 0 Å². The lowest BCUT2D eigenvalue weighted by Crippen LogP contribution is -2.11. The van der Waals surface area contributed by atoms with Crippen molar-refractivity contribution >= 4 is 17.3 Å². The minimum absolute atomic E-state index is 0.818. The van der Waals surface area contributed by atoms with Gasteiger partial charge < -0.3 is 5.32 Å². The minimum Gasteiger partial charge on any atom is -0.385 e. The van der Waals surface area contributed by atoms with E-state index in [1.165, 1.54) is 36.9 Å². The SMILES string of the molecule is Cc1cc(Cl)ccc1NCC1CCCC1. The fourth-order valence-electron chi connectivity index (χ4n) is 2.29. The Bertz CT molecular complexity index is 329. The molecule has 0 unspecified atom stereocenters. The first-order chi connectivity index (χ1) is 7.25. The third-order valence-electron chi connectivity index (χ3n) is 3.24. The van der Waals surface area contributed by atoms with Gasteiger partial charge in [-0.25, -0.2) is 0 Å². The summed E-state index contributed by atoms with van der Waals surface area (Å²) in [5, 5.41) is 4.34. The number of nitrogens with one attached hydrogen (secondary N) is 1. The fourth-order valence-corrected chi connectivity index (χ4v) is 2.52. The number of hydrogen-bond acceptors (Lipinski definition) is 1. The van der Waals surface area contributed by atoms with Crippen LogP contribution in [-0.2, 0) is 0 Å². The van der Waals surface area contributed by atoms with Crippen molar-refractivity contribution in [1.82, 2.24) is 0 Å². The number of hydrogen-bond donors (Lipinski definition) is 1. The van der Waals surface area contributed by atoms with E-state index >= 15 is 0 Å². The molecule has 2 heteroatoms. The van der Waals surface area contributed by atoms with E-state index in [9.17, 15) is 0 Å². The van der Waals surface area contributed by atoms with E-state index in [1.54, 1.807) is 0 Å². The first-order valence-electron chi connectivity index (χ1n) is 5.76. The summed E-state index contributed by atoms with van der Waals surface area (Å²) in [5.41, 5.74) is 2.46. The molecule has 0 saturated heterocycles. The van der Waals surface area contributed by atoms with E-state index in [4.69, 9.17) is 11.6 Å². The molecule has 1 saturated carbocycles. The van der Waals surface area contributed by atoms with Gasteiger partial charge in [-0.05, 0) is 49.4 Å². The van der Waals surface area contributed by atoms with Gasteiger partial charge in [0.25, 0.3) is 0 Å². The lowest BCUT2D eigenvalue weighted by atomic mass is 10.1. The van der Waals surface area contributed by atoms with Crippen molar-refractivity contribution in [1.29, 1.82) is 0 Å². The zero-order valence-electron chi connectivity index (χ0n) is 9.22. The molecule has 0 aliphatic heterocycles. The highest BCUT2D eigenvalue weighted by molar-refractivity contribution is 6.30. The minimum atomic E-state index is 0.818. The second-order valence-corrected chi connectivity index (χ2v) is 4.93. The first kappa shape index (κ1) is 10.8. The standard InChI is InChI=1S/C13H18ClN/c1-10-8-12(14)6-7-13(10)15-9-11-4-2-3-5-11/h6-8,11,15H,2-5,9H2,1H3. The molecular weight excluding hydrogens is 206 g/mol. The average molecular weight is 224 g/mol. The Labute approximate surface area is 96.8 Å². The van der Waals surface area contributed by atoms with Crippen LogP contribution in [0.1, 0.15) is 31.2 Å². The largest absolute Gasteiger partial charge is 0.385 e. The maximum absolute atomic E-state index is 5.92. The maximum Gasteiger partial charge on any atom is 0.0410 e. The summed E-state index contributed by atoms with van der Waals surface area (Å²) in [6, 6.07) is 6.04. The van der Waals surface area contributed by atoms with Gasteiger partial charge >= 0.3 is 0 Å². The Morgan fingerprint density at radius 1 is 1.33 bits per heavy atom. The Morgan fingerprint density at radius 2 is 2.07 bits per heavy atom. The second-order valence-electron chi connectivity index (χ2n) is 4.49. The Hall–Kier alpha value is -0.690. The zero-order chi connectivity index (χ0) is 10.7. The molecule has 1 aromatic carbocycles. The molecule has 15 heavy (non-hydrogen) atoms. The van der Waals surface area contributed by atoms with Crippen LogP contribution in [0.5, 0.6) is 0 Å². The molecule has 0 aromatic heterocycles. The van der Waals surface area contributed by atoms with Crippen LogP contribution in [0.15, 0.2) is 18.2 Å². The van der Waals surface area contributed by atoms with Gasteiger partial charge in [-0.2, -0.15) is 0 Å². The first-order valence-corrected chi connectivity index (χ1v) is 6.13. The highest BCUT2D eigenvalue weighted by Crippen LogP contribution is 2.26. The number of anilines is 1. The average Bonchev–Trinajstić information content (AvgIpc) is 2.69. The Morgan fingerprint density at radius 3 is 2.73 bits per heavy atom. The van der Waals surface area contributed by atoms with Crippen molar-refractivity contribution in [2.75, 3.05) is 11.9 Å². The van der Waals surface area contributed by atoms with Crippen LogP contribution in [-0.4, -0.2) is 6.54 Å². The lowest BCUT2D eigenvalue weighted by molar-refractivity contribution is 0.580. The fraction of sp³-hybridized carbons (Fsp3) is 0.538. The molecule has 1 N–H and O–H groups in total. The summed E-state index contributed by atoms with van der Waals surface area (Å²) in [5.74, 6) is 0.875. The van der Waals surface area contributed by atoms with Gasteiger partial charge in [-0.1, -0.05) is 24.4 Å². The summed E-state index contributed by atoms with van der Waals surface area (Å²) < 4.78 is 0. The van der Waals surface area contributed by atoms with Crippen molar-refractivity contribution < 1.29 is 0 Å². The molecule has 2 rings (SSSR count). The van der Waals surface area contributed by atoms with E-state index in [-0.39, 0.29) is 0 Å². The van der Waals surface area contributed by atoms with Crippen molar-refractivity contribution in [2.24, 2.45) is 5.92 Å². The number of halogens is 1. The molecule has 1 aliphatic rings. The predicted molar refractivity (Wildman–Crippen MR) is 66.6 cm³/mol. The topological polar surface area (TPSA) is 12.0 Å². The summed E-state index contributed by atoms with van der Waals surface area (Å²) in [4.78, 5) is 0. The van der Waals surface area contributed by atoms with Crippen LogP contribution in [0.4, 0.5) is 5.69 Å². The van der Waals surface area contributed by atoms with Crippen LogP contribution in [0.2, 0.25) is 5.02 Å². The highest BCUT2D eigenvalue weighted by Gasteiger charge is 2.14. The van der Waals surface area contributed by atoms with Crippen LogP contribution >= 0.6 is 11.6 Å². The Kier molecular flexibility index (Phi) is 3.53. The van der Waals surface area contributed by atoms with Crippen LogP contribution in [0.3, 0.4) is 0 Å². The molecule has 0 radical (unpaired) electrons. The summed E-state index contributed by atoms with van der Waals surface area (Å²) in [7, 11) is 0. The summed E-state index contributed by atoms with van der Waals surface area (Å²) in [6.07, 6.45) is 5.59. The molecule has 1 fully saturated rings. The van der Waals surface area contributed by atoms with Crippen LogP contribution in [0.25, 0.3) is 0 Å². The second kappa shape index (κ2) is 4.89. The van der Waals surface area contributed by atoms with Gasteiger partial charge in [0, 0.05) is 17.3 Å². The van der Waals surface area contributed by atoms with Gasteiger partial charge in [0.1, 0.15) is 0 Å². The van der Waals surface area contributed by atoms with E-state index < -0.39 is 0 Å². The van der Waals surface area contributed by atoms with Crippen LogP contribution in [0, 0.1) is 12.8 Å². The summed E-state index contributed by atoms with van der Waals surface area (Å²) >= 11 is 5.92. The van der Waals surface area contributed by atoms with Crippen molar-refractivity contribution in [3.63, 3.8) is 0 Å². The van der Waals surface area contributed by atoms with Crippen LogP contribution < -0.4 is 5.32 Å². The molecule has 0 atom stereocenters. The van der Waals surface area contributed by atoms with Crippen molar-refractivity contribution in [3.8, 4) is 0 Å². The predicted octanol–water partition coefficient (Wildman–Crippen LogP) is 4.25. The number of benzene rings is 1. The molecule has 1 aliphatic carbocycles. The molecule has 0 heterocycles. The molecule has 0 spiro atoms. The smallest absolute Gasteiger partial charge is 0.0410 e. The monoisotopic (exact) mass is 223 g/mol. The molecule has 1 aromatic rings. The quantitative estimate of drug-likeness (QED) is 0.808. The van der Waals surface area contributed by atoms with Gasteiger partial charge in [0.05, 0.1) is 0 Å². The van der Waals surface area contributed by atoms with E-state index in [0.717, 1.165) is 17.5 Å². The van der Waals surface area contributed by atoms with Gasteiger partial charge in [-0.3, -0.25) is 0 Å². The van der Waals surface area contributed by atoms with Gasteiger partial charge in [0.15, 0.2) is 0 Å².